The van der Waals surface area contributed by atoms with Crippen LogP contribution in [0.3, 0.4) is 0 Å². The van der Waals surface area contributed by atoms with Gasteiger partial charge in [0.2, 0.25) is 0 Å². The minimum absolute atomic E-state index is 0.123. The van der Waals surface area contributed by atoms with Crippen LogP contribution in [0.4, 0.5) is 0 Å². The molecule has 1 aliphatic rings. The van der Waals surface area contributed by atoms with Gasteiger partial charge in [0, 0.05) is 12.8 Å². The summed E-state index contributed by atoms with van der Waals surface area (Å²) < 4.78 is 0.886. The number of rotatable bonds is 1. The molecular formula is C6H11NOS2. The first kappa shape index (κ1) is 8.30. The molecule has 2 nitrogen and oxygen atoms in total. The summed E-state index contributed by atoms with van der Waals surface area (Å²) in [7, 11) is 1.93. The summed E-state index contributed by atoms with van der Waals surface area (Å²) in [6.45, 7) is 2.19. The van der Waals surface area contributed by atoms with Gasteiger partial charge >= 0.3 is 0 Å². The third-order valence-electron chi connectivity index (χ3n) is 1.93. The number of hydrogen-bond acceptors (Lipinski definition) is 3. The maximum atomic E-state index is 9.00. The second-order valence-corrected chi connectivity index (χ2v) is 4.38. The topological polar surface area (TPSA) is 23.5 Å². The maximum absolute atomic E-state index is 9.00. The highest BCUT2D eigenvalue weighted by Crippen LogP contribution is 2.30. The zero-order valence-electron chi connectivity index (χ0n) is 6.13. The summed E-state index contributed by atoms with van der Waals surface area (Å²) in [6, 6.07) is 0. The van der Waals surface area contributed by atoms with Crippen molar-refractivity contribution in [2.45, 2.75) is 12.5 Å². The lowest BCUT2D eigenvalue weighted by Gasteiger charge is -2.29. The van der Waals surface area contributed by atoms with E-state index in [-0.39, 0.29) is 12.1 Å². The van der Waals surface area contributed by atoms with Gasteiger partial charge in [-0.2, -0.15) is 0 Å². The van der Waals surface area contributed by atoms with E-state index in [9.17, 15) is 0 Å². The molecule has 0 spiro atoms. The van der Waals surface area contributed by atoms with Crippen molar-refractivity contribution in [2.24, 2.45) is 0 Å². The Kier molecular flexibility index (Phi) is 2.22. The zero-order valence-corrected chi connectivity index (χ0v) is 7.76. The van der Waals surface area contributed by atoms with Crippen molar-refractivity contribution < 1.29 is 5.11 Å². The van der Waals surface area contributed by atoms with Crippen molar-refractivity contribution in [3.63, 3.8) is 0 Å². The van der Waals surface area contributed by atoms with Crippen molar-refractivity contribution in [2.75, 3.05) is 19.4 Å². The number of aliphatic hydroxyl groups is 1. The second kappa shape index (κ2) is 2.68. The molecule has 1 rings (SSSR count). The molecule has 0 radical (unpaired) electrons. The Bertz CT molecular complexity index is 162. The lowest BCUT2D eigenvalue weighted by Crippen LogP contribution is -2.44. The third kappa shape index (κ3) is 1.15. The molecule has 1 atom stereocenters. The molecular weight excluding hydrogens is 166 g/mol. The highest BCUT2D eigenvalue weighted by atomic mass is 32.2. The molecule has 0 aromatic rings. The van der Waals surface area contributed by atoms with Crippen LogP contribution in [0.15, 0.2) is 0 Å². The Morgan fingerprint density at radius 2 is 2.50 bits per heavy atom. The molecule has 1 aliphatic heterocycles. The van der Waals surface area contributed by atoms with Crippen LogP contribution in [-0.4, -0.2) is 39.3 Å². The molecule has 4 heteroatoms. The molecule has 1 unspecified atom stereocenters. The molecule has 1 N–H and O–H groups in total. The summed E-state index contributed by atoms with van der Waals surface area (Å²) >= 11 is 6.67. The van der Waals surface area contributed by atoms with E-state index in [4.69, 9.17) is 17.3 Å². The normalized spacial score (nSPS) is 33.5. The van der Waals surface area contributed by atoms with E-state index < -0.39 is 0 Å². The van der Waals surface area contributed by atoms with Gasteiger partial charge in [-0.15, -0.1) is 0 Å². The van der Waals surface area contributed by atoms with Crippen LogP contribution >= 0.6 is 24.0 Å². The highest BCUT2D eigenvalue weighted by Gasteiger charge is 2.36. The number of hydrogen-bond donors (Lipinski definition) is 1. The van der Waals surface area contributed by atoms with Gasteiger partial charge in [-0.1, -0.05) is 24.0 Å². The average Bonchev–Trinajstić information content (AvgIpc) is 2.19. The average molecular weight is 177 g/mol. The lowest BCUT2D eigenvalue weighted by molar-refractivity contribution is 0.142. The monoisotopic (exact) mass is 177 g/mol. The molecule has 58 valence electrons. The molecule has 1 fully saturated rings. The van der Waals surface area contributed by atoms with Gasteiger partial charge < -0.3 is 10.0 Å². The Hall–Kier alpha value is 0.200. The van der Waals surface area contributed by atoms with Gasteiger partial charge in [0.1, 0.15) is 4.32 Å². The molecule has 0 aromatic heterocycles. The van der Waals surface area contributed by atoms with E-state index in [0.29, 0.717) is 0 Å². The predicted octanol–water partition coefficient (Wildman–Crippen LogP) is 0.701. The van der Waals surface area contributed by atoms with Crippen LogP contribution in [0.2, 0.25) is 0 Å². The van der Waals surface area contributed by atoms with Crippen molar-refractivity contribution >= 4 is 28.3 Å². The van der Waals surface area contributed by atoms with Crippen LogP contribution in [0.1, 0.15) is 6.92 Å². The fourth-order valence-electron chi connectivity index (χ4n) is 0.783. The van der Waals surface area contributed by atoms with Gasteiger partial charge in [-0.25, -0.2) is 0 Å². The zero-order chi connectivity index (χ0) is 7.78. The molecule has 0 aromatic carbocycles. The van der Waals surface area contributed by atoms with Gasteiger partial charge in [0.25, 0.3) is 0 Å². The largest absolute Gasteiger partial charge is 0.394 e. The lowest BCUT2D eigenvalue weighted by atomic mass is 10.1. The van der Waals surface area contributed by atoms with Gasteiger partial charge in [0.05, 0.1) is 12.1 Å². The van der Waals surface area contributed by atoms with E-state index in [1.165, 1.54) is 0 Å². The van der Waals surface area contributed by atoms with E-state index in [0.717, 1.165) is 10.1 Å². The van der Waals surface area contributed by atoms with Crippen LogP contribution in [0.25, 0.3) is 0 Å². The summed E-state index contributed by atoms with van der Waals surface area (Å²) in [5.74, 6) is 0.902. The number of likely N-dealkylation sites (N-methyl/N-ethyl adjacent to an activating group) is 1. The molecule has 0 aliphatic carbocycles. The van der Waals surface area contributed by atoms with Gasteiger partial charge in [-0.3, -0.25) is 0 Å². The molecule has 1 saturated heterocycles. The summed E-state index contributed by atoms with van der Waals surface area (Å²) in [5.41, 5.74) is -0.123. The Labute approximate surface area is 70.6 Å². The van der Waals surface area contributed by atoms with E-state index in [1.807, 2.05) is 18.9 Å². The van der Waals surface area contributed by atoms with Crippen molar-refractivity contribution in [1.29, 1.82) is 0 Å². The summed E-state index contributed by atoms with van der Waals surface area (Å²) in [6.07, 6.45) is 0. The van der Waals surface area contributed by atoms with E-state index in [2.05, 4.69) is 0 Å². The molecule has 0 bridgehead atoms. The fourth-order valence-corrected chi connectivity index (χ4v) is 2.31. The first-order valence-corrected chi connectivity index (χ1v) is 4.51. The predicted molar refractivity (Wildman–Crippen MR) is 48.3 cm³/mol. The highest BCUT2D eigenvalue weighted by molar-refractivity contribution is 8.23. The van der Waals surface area contributed by atoms with Crippen LogP contribution in [0, 0.1) is 0 Å². The summed E-state index contributed by atoms with van der Waals surface area (Å²) in [4.78, 5) is 1.97. The van der Waals surface area contributed by atoms with Gasteiger partial charge in [-0.05, 0) is 6.92 Å². The number of nitrogens with zero attached hydrogens (tertiary/aromatic N) is 1. The maximum Gasteiger partial charge on any atom is 0.136 e. The minimum atomic E-state index is -0.123. The van der Waals surface area contributed by atoms with Crippen LogP contribution in [0.5, 0.6) is 0 Å². The quantitative estimate of drug-likeness (QED) is 0.596. The minimum Gasteiger partial charge on any atom is -0.394 e. The number of thiocarbonyl (C=S) groups is 1. The van der Waals surface area contributed by atoms with Crippen LogP contribution < -0.4 is 0 Å². The van der Waals surface area contributed by atoms with Crippen molar-refractivity contribution in [3.8, 4) is 0 Å². The van der Waals surface area contributed by atoms with E-state index in [1.54, 1.807) is 11.8 Å². The smallest absolute Gasteiger partial charge is 0.136 e. The summed E-state index contributed by atoms with van der Waals surface area (Å²) in [5, 5.41) is 9.00. The molecule has 10 heavy (non-hydrogen) atoms. The second-order valence-electron chi connectivity index (χ2n) is 2.77. The number of aliphatic hydroxyl groups excluding tert-OH is 1. The van der Waals surface area contributed by atoms with E-state index >= 15 is 0 Å². The van der Waals surface area contributed by atoms with Crippen LogP contribution in [-0.2, 0) is 0 Å². The van der Waals surface area contributed by atoms with Gasteiger partial charge in [0.15, 0.2) is 0 Å². The van der Waals surface area contributed by atoms with Crippen molar-refractivity contribution in [1.82, 2.24) is 4.90 Å². The standard InChI is InChI=1S/C6H11NOS2/c1-6(3-8)4-10-5(9)7(6)2/h8H,3-4H2,1-2H3. The number of thioether (sulfide) groups is 1. The Balaban J connectivity index is 2.73. The Morgan fingerprint density at radius 3 is 2.70 bits per heavy atom. The fraction of sp³-hybridized carbons (Fsp3) is 0.833. The first-order chi connectivity index (χ1) is 4.60. The Morgan fingerprint density at radius 1 is 1.90 bits per heavy atom. The SMILES string of the molecule is CN1C(=S)SCC1(C)CO. The molecule has 0 amide bonds. The van der Waals surface area contributed by atoms with Crippen molar-refractivity contribution in [3.05, 3.63) is 0 Å². The molecule has 0 saturated carbocycles. The first-order valence-electron chi connectivity index (χ1n) is 3.11. The molecule has 1 heterocycles. The third-order valence-corrected chi connectivity index (χ3v) is 3.85.